The Hall–Kier alpha value is -3.88. The van der Waals surface area contributed by atoms with E-state index >= 15 is 0 Å². The van der Waals surface area contributed by atoms with E-state index in [0.717, 1.165) is 18.9 Å². The molecule has 0 bridgehead atoms. The van der Waals surface area contributed by atoms with E-state index in [1.54, 1.807) is 31.2 Å². The van der Waals surface area contributed by atoms with Crippen molar-refractivity contribution in [3.63, 3.8) is 0 Å². The number of rotatable bonds is 6. The average molecular weight is 439 g/mol. The van der Waals surface area contributed by atoms with Crippen LogP contribution in [0.4, 0.5) is 5.69 Å². The van der Waals surface area contributed by atoms with Crippen LogP contribution in [-0.4, -0.2) is 38.8 Å². The third kappa shape index (κ3) is 5.42. The number of carboxylic acids is 1. The number of phenols is 2. The zero-order valence-electron chi connectivity index (χ0n) is 17.5. The van der Waals surface area contributed by atoms with Gasteiger partial charge in [-0.1, -0.05) is 25.0 Å². The van der Waals surface area contributed by atoms with Crippen molar-refractivity contribution < 1.29 is 29.7 Å². The molecular formula is C23H25N3O6. The molecule has 168 valence electrons. The number of hydrogen-bond acceptors (Lipinski definition) is 6. The molecule has 2 aromatic carbocycles. The molecule has 9 nitrogen and oxygen atoms in total. The minimum absolute atomic E-state index is 0.122. The summed E-state index contributed by atoms with van der Waals surface area (Å²) in [7, 11) is 0. The van der Waals surface area contributed by atoms with Crippen molar-refractivity contribution in [3.05, 3.63) is 53.6 Å². The summed E-state index contributed by atoms with van der Waals surface area (Å²) in [6, 6.07) is 10.4. The lowest BCUT2D eigenvalue weighted by atomic mass is 9.78. The summed E-state index contributed by atoms with van der Waals surface area (Å²) in [4.78, 5) is 36.4. The zero-order chi connectivity index (χ0) is 23.3. The minimum atomic E-state index is -0.949. The number of aromatic hydroxyl groups is 2. The lowest BCUT2D eigenvalue weighted by Gasteiger charge is -2.27. The lowest BCUT2D eigenvalue weighted by Crippen LogP contribution is -2.36. The zero-order valence-corrected chi connectivity index (χ0v) is 17.5. The van der Waals surface area contributed by atoms with Crippen molar-refractivity contribution in [2.45, 2.75) is 32.6 Å². The van der Waals surface area contributed by atoms with Crippen molar-refractivity contribution in [2.24, 2.45) is 16.9 Å². The largest absolute Gasteiger partial charge is 0.508 e. The quantitative estimate of drug-likeness (QED) is 0.265. The molecule has 2 atom stereocenters. The highest BCUT2D eigenvalue weighted by molar-refractivity contribution is 6.03. The Labute approximate surface area is 184 Å². The third-order valence-corrected chi connectivity index (χ3v) is 5.52. The van der Waals surface area contributed by atoms with Gasteiger partial charge in [-0.2, -0.15) is 5.10 Å². The number of carboxylic acid groups (broad SMARTS) is 1. The Bertz CT molecular complexity index is 1070. The molecule has 0 heterocycles. The maximum atomic E-state index is 12.7. The first-order chi connectivity index (χ1) is 15.3. The Balaban J connectivity index is 1.69. The van der Waals surface area contributed by atoms with E-state index in [-0.39, 0.29) is 23.0 Å². The predicted octanol–water partition coefficient (Wildman–Crippen LogP) is 3.08. The molecule has 0 aromatic heterocycles. The van der Waals surface area contributed by atoms with Gasteiger partial charge in [0.1, 0.15) is 11.5 Å². The molecule has 0 aliphatic heterocycles. The molecule has 0 saturated heterocycles. The van der Waals surface area contributed by atoms with Gasteiger partial charge >= 0.3 is 5.97 Å². The van der Waals surface area contributed by atoms with Gasteiger partial charge in [-0.15, -0.1) is 0 Å². The first-order valence-electron chi connectivity index (χ1n) is 10.3. The highest BCUT2D eigenvalue weighted by Crippen LogP contribution is 2.31. The van der Waals surface area contributed by atoms with Crippen LogP contribution in [0.3, 0.4) is 0 Å². The number of nitrogens with one attached hydrogen (secondary N) is 2. The van der Waals surface area contributed by atoms with Crippen LogP contribution in [0.15, 0.2) is 47.6 Å². The van der Waals surface area contributed by atoms with Crippen molar-refractivity contribution in [3.8, 4) is 11.5 Å². The summed E-state index contributed by atoms with van der Waals surface area (Å²) >= 11 is 0. The number of carbonyl (C=O) groups is 3. The van der Waals surface area contributed by atoms with Gasteiger partial charge in [0.05, 0.1) is 23.1 Å². The second-order valence-corrected chi connectivity index (χ2v) is 7.75. The highest BCUT2D eigenvalue weighted by atomic mass is 16.4. The highest BCUT2D eigenvalue weighted by Gasteiger charge is 2.35. The van der Waals surface area contributed by atoms with E-state index in [1.807, 2.05) is 0 Å². The topological polar surface area (TPSA) is 148 Å². The van der Waals surface area contributed by atoms with E-state index < -0.39 is 23.7 Å². The van der Waals surface area contributed by atoms with Crippen molar-refractivity contribution >= 4 is 29.2 Å². The molecule has 1 aliphatic carbocycles. The maximum Gasteiger partial charge on any atom is 0.307 e. The maximum absolute atomic E-state index is 12.7. The molecule has 9 heteroatoms. The predicted molar refractivity (Wildman–Crippen MR) is 118 cm³/mol. The van der Waals surface area contributed by atoms with Crippen LogP contribution >= 0.6 is 0 Å². The van der Waals surface area contributed by atoms with Crippen LogP contribution in [-0.2, 0) is 9.59 Å². The van der Waals surface area contributed by atoms with Gasteiger partial charge in [0.15, 0.2) is 0 Å². The number of benzene rings is 2. The van der Waals surface area contributed by atoms with Crippen LogP contribution < -0.4 is 10.7 Å². The summed E-state index contributed by atoms with van der Waals surface area (Å²) in [5, 5.41) is 35.5. The Morgan fingerprint density at radius 1 is 1.00 bits per heavy atom. The van der Waals surface area contributed by atoms with E-state index in [9.17, 15) is 29.7 Å². The molecule has 2 amide bonds. The summed E-state index contributed by atoms with van der Waals surface area (Å²) in [5.41, 5.74) is 3.76. The fraction of sp³-hybridized carbons (Fsp3) is 0.304. The van der Waals surface area contributed by atoms with Crippen LogP contribution in [0.1, 0.15) is 48.5 Å². The minimum Gasteiger partial charge on any atom is -0.508 e. The summed E-state index contributed by atoms with van der Waals surface area (Å²) in [6.45, 7) is 1.66. The number of hydrogen-bond donors (Lipinski definition) is 5. The number of aliphatic carboxylic acids is 1. The molecule has 1 saturated carbocycles. The SMILES string of the molecule is C/C(=N/NC(=O)c1cc(O)ccc1O)c1cccc(NC(=O)[C@@H]2CCCC[C@H]2C(=O)O)c1. The Morgan fingerprint density at radius 3 is 2.44 bits per heavy atom. The van der Waals surface area contributed by atoms with Crippen LogP contribution in [0, 0.1) is 11.8 Å². The Morgan fingerprint density at radius 2 is 1.72 bits per heavy atom. The Kier molecular flexibility index (Phi) is 7.09. The summed E-state index contributed by atoms with van der Waals surface area (Å²) < 4.78 is 0. The van der Waals surface area contributed by atoms with Gasteiger partial charge in [0.25, 0.3) is 5.91 Å². The van der Waals surface area contributed by atoms with Crippen LogP contribution in [0.5, 0.6) is 11.5 Å². The molecule has 1 aliphatic rings. The molecular weight excluding hydrogens is 414 g/mol. The smallest absolute Gasteiger partial charge is 0.307 e. The lowest BCUT2D eigenvalue weighted by molar-refractivity contribution is -0.147. The first-order valence-corrected chi connectivity index (χ1v) is 10.3. The standard InChI is InChI=1S/C23H25N3O6/c1-13(25-26-22(30)19-12-16(27)9-10-20(19)28)14-5-4-6-15(11-14)24-21(29)17-7-2-3-8-18(17)23(31)32/h4-6,9-12,17-18,27-28H,2-3,7-8H2,1H3,(H,24,29)(H,26,30)(H,31,32)/b25-13-/t17-,18-/m1/s1. The number of hydrazone groups is 1. The van der Waals surface area contributed by atoms with E-state index in [0.29, 0.717) is 29.8 Å². The number of amides is 2. The second-order valence-electron chi connectivity index (χ2n) is 7.75. The van der Waals surface area contributed by atoms with Gasteiger partial charge in [-0.05, 0) is 55.7 Å². The van der Waals surface area contributed by atoms with Gasteiger partial charge in [0, 0.05) is 5.69 Å². The van der Waals surface area contributed by atoms with Gasteiger partial charge in [-0.25, -0.2) is 5.43 Å². The number of phenolic OH excluding ortho intramolecular Hbond substituents is 2. The molecule has 2 aromatic rings. The second kappa shape index (κ2) is 9.95. The fourth-order valence-electron chi connectivity index (χ4n) is 3.76. The average Bonchev–Trinajstić information content (AvgIpc) is 2.78. The van der Waals surface area contributed by atoms with Gasteiger partial charge in [-0.3, -0.25) is 14.4 Å². The van der Waals surface area contributed by atoms with Crippen molar-refractivity contribution in [2.75, 3.05) is 5.32 Å². The molecule has 0 spiro atoms. The first kappa shape index (κ1) is 22.8. The molecule has 1 fully saturated rings. The van der Waals surface area contributed by atoms with E-state index in [2.05, 4.69) is 15.8 Å². The van der Waals surface area contributed by atoms with Crippen LogP contribution in [0.2, 0.25) is 0 Å². The summed E-state index contributed by atoms with van der Waals surface area (Å²) in [5.74, 6) is -3.68. The van der Waals surface area contributed by atoms with Crippen LogP contribution in [0.25, 0.3) is 0 Å². The van der Waals surface area contributed by atoms with Gasteiger partial charge < -0.3 is 20.6 Å². The molecule has 0 radical (unpaired) electrons. The molecule has 0 unspecified atom stereocenters. The summed E-state index contributed by atoms with van der Waals surface area (Å²) in [6.07, 6.45) is 2.66. The van der Waals surface area contributed by atoms with E-state index in [4.69, 9.17) is 0 Å². The molecule has 3 rings (SSSR count). The number of nitrogens with zero attached hydrogens (tertiary/aromatic N) is 1. The number of carbonyl (C=O) groups excluding carboxylic acids is 2. The molecule has 5 N–H and O–H groups in total. The van der Waals surface area contributed by atoms with Crippen molar-refractivity contribution in [1.29, 1.82) is 0 Å². The van der Waals surface area contributed by atoms with E-state index in [1.165, 1.54) is 12.1 Å². The third-order valence-electron chi connectivity index (χ3n) is 5.52. The normalized spacial score (nSPS) is 18.6. The number of anilines is 1. The van der Waals surface area contributed by atoms with Crippen molar-refractivity contribution in [1.82, 2.24) is 5.43 Å². The fourth-order valence-corrected chi connectivity index (χ4v) is 3.76. The van der Waals surface area contributed by atoms with Gasteiger partial charge in [0.2, 0.25) is 5.91 Å². The monoisotopic (exact) mass is 439 g/mol. The molecule has 32 heavy (non-hydrogen) atoms.